The van der Waals surface area contributed by atoms with Crippen LogP contribution >= 0.6 is 0 Å². The lowest BCUT2D eigenvalue weighted by molar-refractivity contribution is -0.114. The number of hydrogen-bond acceptors (Lipinski definition) is 4. The molecule has 0 atom stereocenters. The van der Waals surface area contributed by atoms with Crippen molar-refractivity contribution in [3.63, 3.8) is 0 Å². The van der Waals surface area contributed by atoms with Crippen LogP contribution in [0, 0.1) is 11.6 Å². The van der Waals surface area contributed by atoms with Crippen LogP contribution in [0.4, 0.5) is 25.8 Å². The summed E-state index contributed by atoms with van der Waals surface area (Å²) in [5.74, 6) is -2.32. The molecule has 5 nitrogen and oxygen atoms in total. The van der Waals surface area contributed by atoms with Crippen molar-refractivity contribution >= 4 is 23.0 Å². The van der Waals surface area contributed by atoms with Crippen LogP contribution in [-0.4, -0.2) is 5.91 Å². The zero-order chi connectivity index (χ0) is 16.1. The van der Waals surface area contributed by atoms with Crippen molar-refractivity contribution in [3.8, 4) is 0 Å². The molecule has 7 heteroatoms. The maximum absolute atomic E-state index is 13.5. The van der Waals surface area contributed by atoms with Crippen LogP contribution in [0.1, 0.15) is 6.92 Å². The summed E-state index contributed by atoms with van der Waals surface area (Å²) in [6.07, 6.45) is 0. The first-order valence-corrected chi connectivity index (χ1v) is 6.99. The average molecular weight is 314 g/mol. The first-order valence-electron chi connectivity index (χ1n) is 6.99. The molecule has 0 aliphatic carbocycles. The van der Waals surface area contributed by atoms with Crippen LogP contribution in [0.15, 0.2) is 53.9 Å². The number of amides is 1. The summed E-state index contributed by atoms with van der Waals surface area (Å²) in [6.45, 7) is 1.78. The molecule has 1 saturated heterocycles. The van der Waals surface area contributed by atoms with E-state index in [1.165, 1.54) is 11.1 Å². The van der Waals surface area contributed by atoms with E-state index >= 15 is 0 Å². The number of fused-ring (bicyclic) bond motifs is 3. The molecule has 0 unspecified atom stereocenters. The monoisotopic (exact) mass is 314 g/mol. The average Bonchev–Trinajstić information content (AvgIpc) is 2.89. The highest BCUT2D eigenvalue weighted by molar-refractivity contribution is 6.12. The second-order valence-electron chi connectivity index (χ2n) is 5.29. The van der Waals surface area contributed by atoms with Crippen molar-refractivity contribution in [2.75, 3.05) is 15.3 Å². The van der Waals surface area contributed by atoms with Gasteiger partial charge in [0.25, 0.3) is 5.91 Å². The summed E-state index contributed by atoms with van der Waals surface area (Å²) in [4.78, 5) is 12.7. The molecule has 2 aliphatic rings. The Bertz CT molecular complexity index is 865. The molecule has 0 aromatic heterocycles. The van der Waals surface area contributed by atoms with Gasteiger partial charge in [0.1, 0.15) is 5.70 Å². The van der Waals surface area contributed by atoms with Gasteiger partial charge < -0.3 is 5.32 Å². The van der Waals surface area contributed by atoms with Crippen molar-refractivity contribution < 1.29 is 13.6 Å². The summed E-state index contributed by atoms with van der Waals surface area (Å²) in [5, 5.41) is 5.99. The van der Waals surface area contributed by atoms with Crippen molar-refractivity contribution in [1.29, 1.82) is 0 Å². The smallest absolute Gasteiger partial charge is 0.294 e. The SMILES string of the molecule is CC1=C2C(=O)N(c3ccc(F)c(F)c3)NN2c2ccccc2N1. The van der Waals surface area contributed by atoms with Gasteiger partial charge in [-0.1, -0.05) is 12.1 Å². The second-order valence-corrected chi connectivity index (χ2v) is 5.29. The number of nitrogens with zero attached hydrogens (tertiary/aromatic N) is 2. The van der Waals surface area contributed by atoms with Crippen LogP contribution in [0.5, 0.6) is 0 Å². The second kappa shape index (κ2) is 4.79. The van der Waals surface area contributed by atoms with E-state index in [2.05, 4.69) is 10.9 Å². The molecule has 2 aromatic rings. The van der Waals surface area contributed by atoms with Gasteiger partial charge in [-0.25, -0.2) is 18.8 Å². The quantitative estimate of drug-likeness (QED) is 0.850. The Morgan fingerprint density at radius 3 is 2.57 bits per heavy atom. The van der Waals surface area contributed by atoms with Crippen molar-refractivity contribution in [1.82, 2.24) is 5.53 Å². The highest BCUT2D eigenvalue weighted by Crippen LogP contribution is 2.37. The number of para-hydroxylation sites is 2. The number of rotatable bonds is 1. The summed E-state index contributed by atoms with van der Waals surface area (Å²) in [6, 6.07) is 10.8. The van der Waals surface area contributed by atoms with Crippen LogP contribution in [-0.2, 0) is 4.79 Å². The fourth-order valence-corrected chi connectivity index (χ4v) is 2.73. The van der Waals surface area contributed by atoms with E-state index in [0.717, 1.165) is 23.5 Å². The fourth-order valence-electron chi connectivity index (χ4n) is 2.73. The lowest BCUT2D eigenvalue weighted by Crippen LogP contribution is -2.41. The first-order chi connectivity index (χ1) is 11.1. The van der Waals surface area contributed by atoms with E-state index in [9.17, 15) is 13.6 Å². The van der Waals surface area contributed by atoms with Crippen LogP contribution in [0.2, 0.25) is 0 Å². The Hall–Kier alpha value is -2.93. The third-order valence-corrected chi connectivity index (χ3v) is 3.81. The van der Waals surface area contributed by atoms with E-state index in [0.29, 0.717) is 11.4 Å². The van der Waals surface area contributed by atoms with Crippen molar-refractivity contribution in [2.45, 2.75) is 6.92 Å². The Labute approximate surface area is 130 Å². The molecule has 116 valence electrons. The highest BCUT2D eigenvalue weighted by atomic mass is 19.2. The Kier molecular flexibility index (Phi) is 2.85. The number of anilines is 3. The molecule has 0 spiro atoms. The Morgan fingerprint density at radius 1 is 1.00 bits per heavy atom. The molecular weight excluding hydrogens is 302 g/mol. The van der Waals surface area contributed by atoms with E-state index in [1.54, 1.807) is 11.9 Å². The number of carbonyl (C=O) groups is 1. The lowest BCUT2D eigenvalue weighted by Gasteiger charge is -2.28. The molecule has 2 heterocycles. The minimum atomic E-state index is -1.01. The predicted octanol–water partition coefficient (Wildman–Crippen LogP) is 2.89. The Balaban J connectivity index is 1.79. The highest BCUT2D eigenvalue weighted by Gasteiger charge is 2.39. The van der Waals surface area contributed by atoms with Crippen molar-refractivity contribution in [2.24, 2.45) is 0 Å². The minimum Gasteiger partial charge on any atom is -0.355 e. The molecule has 0 bridgehead atoms. The summed E-state index contributed by atoms with van der Waals surface area (Å²) in [5.41, 5.74) is 5.85. The predicted molar refractivity (Wildman–Crippen MR) is 82.2 cm³/mol. The normalized spacial score (nSPS) is 16.4. The fraction of sp³-hybridized carbons (Fsp3) is 0.0625. The van der Waals surface area contributed by atoms with Gasteiger partial charge >= 0.3 is 0 Å². The zero-order valence-electron chi connectivity index (χ0n) is 12.1. The molecule has 2 aliphatic heterocycles. The van der Waals surface area contributed by atoms with E-state index in [-0.39, 0.29) is 11.6 Å². The van der Waals surface area contributed by atoms with Gasteiger partial charge in [0, 0.05) is 11.8 Å². The maximum Gasteiger partial charge on any atom is 0.294 e. The molecule has 4 rings (SSSR count). The molecular formula is C16H12F2N4O. The van der Waals surface area contributed by atoms with Gasteiger partial charge in [0.15, 0.2) is 11.6 Å². The topological polar surface area (TPSA) is 47.6 Å². The van der Waals surface area contributed by atoms with E-state index < -0.39 is 11.6 Å². The number of allylic oxidation sites excluding steroid dienone is 1. The summed E-state index contributed by atoms with van der Waals surface area (Å²) < 4.78 is 26.6. The number of hydrazine groups is 2. The van der Waals surface area contributed by atoms with E-state index in [4.69, 9.17) is 0 Å². The van der Waals surface area contributed by atoms with Crippen LogP contribution in [0.3, 0.4) is 0 Å². The third kappa shape index (κ3) is 1.97. The molecule has 2 N–H and O–H groups in total. The van der Waals surface area contributed by atoms with Gasteiger partial charge in [-0.3, -0.25) is 4.79 Å². The zero-order valence-corrected chi connectivity index (χ0v) is 12.1. The molecule has 0 radical (unpaired) electrons. The Morgan fingerprint density at radius 2 is 1.78 bits per heavy atom. The number of benzene rings is 2. The molecule has 1 fully saturated rings. The van der Waals surface area contributed by atoms with Gasteiger partial charge in [-0.05, 0) is 31.2 Å². The van der Waals surface area contributed by atoms with Gasteiger partial charge in [0.05, 0.1) is 17.1 Å². The third-order valence-electron chi connectivity index (χ3n) is 3.81. The summed E-state index contributed by atoms with van der Waals surface area (Å²) >= 11 is 0. The van der Waals surface area contributed by atoms with Gasteiger partial charge in [0.2, 0.25) is 0 Å². The van der Waals surface area contributed by atoms with Crippen LogP contribution < -0.4 is 20.9 Å². The molecule has 2 aromatic carbocycles. The maximum atomic E-state index is 13.5. The summed E-state index contributed by atoms with van der Waals surface area (Å²) in [7, 11) is 0. The number of carbonyl (C=O) groups excluding carboxylic acids is 1. The van der Waals surface area contributed by atoms with Gasteiger partial charge in [-0.15, -0.1) is 5.53 Å². The molecule has 23 heavy (non-hydrogen) atoms. The van der Waals surface area contributed by atoms with E-state index in [1.807, 2.05) is 24.3 Å². The van der Waals surface area contributed by atoms with Crippen LogP contribution in [0.25, 0.3) is 0 Å². The first kappa shape index (κ1) is 13.7. The number of halogens is 2. The van der Waals surface area contributed by atoms with Gasteiger partial charge in [-0.2, -0.15) is 0 Å². The van der Waals surface area contributed by atoms with Crippen molar-refractivity contribution in [3.05, 3.63) is 65.5 Å². The molecule has 1 amide bonds. The standard InChI is InChI=1S/C16H12F2N4O/c1-9-15-16(23)21(10-6-7-11(17)12(18)8-10)20-22(15)14-5-3-2-4-13(14)19-9/h2-8,19-20H,1H3. The number of nitrogens with one attached hydrogen (secondary N) is 2. The molecule has 0 saturated carbocycles. The number of hydrogen-bond donors (Lipinski definition) is 2. The lowest BCUT2D eigenvalue weighted by atomic mass is 10.1. The minimum absolute atomic E-state index is 0.223. The largest absolute Gasteiger partial charge is 0.355 e.